The summed E-state index contributed by atoms with van der Waals surface area (Å²) in [6, 6.07) is 0. The normalized spacial score (nSPS) is 0. The Labute approximate surface area is 47.6 Å². The van der Waals surface area contributed by atoms with Crippen molar-refractivity contribution in [1.82, 2.24) is 0 Å². The quantitative estimate of drug-likeness (QED) is 0.394. The van der Waals surface area contributed by atoms with Crippen LogP contribution in [0.4, 0.5) is 0 Å². The Morgan fingerprint density at radius 2 is 0.750 bits per heavy atom. The van der Waals surface area contributed by atoms with Gasteiger partial charge in [0.25, 0.3) is 0 Å². The minimum absolute atomic E-state index is 0. The predicted octanol–water partition coefficient (Wildman–Crippen LogP) is -2.14. The molecule has 0 fully saturated rings. The maximum atomic E-state index is 0. The number of halogens is 1. The zero-order chi connectivity index (χ0) is 0. The summed E-state index contributed by atoms with van der Waals surface area (Å²) < 4.78 is 0. The molecule has 0 aromatic carbocycles. The van der Waals surface area contributed by atoms with E-state index >= 15 is 0 Å². The number of rotatable bonds is 0. The monoisotopic (exact) mass is 194 g/mol. The average molecular weight is 193 g/mol. The van der Waals surface area contributed by atoms with E-state index in [1.165, 1.54) is 0 Å². The van der Waals surface area contributed by atoms with E-state index < -0.39 is 0 Å². The third-order valence-electron chi connectivity index (χ3n) is 0. The summed E-state index contributed by atoms with van der Waals surface area (Å²) in [6.45, 7) is 0. The van der Waals surface area contributed by atoms with Crippen LogP contribution in [-0.4, -0.2) is 34.9 Å². The van der Waals surface area contributed by atoms with Crippen LogP contribution in [0.2, 0.25) is 0 Å². The van der Waals surface area contributed by atoms with Crippen molar-refractivity contribution >= 4 is 36.3 Å². The summed E-state index contributed by atoms with van der Waals surface area (Å²) in [7, 11) is 0. The molecule has 0 amide bonds. The third-order valence-corrected chi connectivity index (χ3v) is 0. The minimum atomic E-state index is 0. The van der Waals surface area contributed by atoms with Crippen molar-refractivity contribution in [3.05, 3.63) is 0 Å². The Morgan fingerprint density at radius 3 is 0.750 bits per heavy atom. The van der Waals surface area contributed by atoms with Crippen LogP contribution in [0.25, 0.3) is 0 Å². The zero-order valence-corrected chi connectivity index (χ0v) is 6.97. The van der Waals surface area contributed by atoms with Gasteiger partial charge in [-0.2, -0.15) is 0 Å². The van der Waals surface area contributed by atoms with Crippen LogP contribution < -0.4 is 0 Å². The van der Waals surface area contributed by atoms with Gasteiger partial charge in [-0.25, -0.2) is 0 Å². The molecule has 0 aliphatic carbocycles. The Bertz CT molecular complexity index is 6.00. The van der Waals surface area contributed by atoms with Gasteiger partial charge in [-0.05, 0) is 0 Å². The summed E-state index contributed by atoms with van der Waals surface area (Å²) >= 11 is 0. The first-order valence-electron chi connectivity index (χ1n) is 0. The molecule has 0 atom stereocenters. The molecule has 4 N–H and O–H groups in total. The van der Waals surface area contributed by atoms with Crippen LogP contribution in [0.5, 0.6) is 0 Å². The molecule has 0 unspecified atom stereocenters. The molecule has 4 heavy (non-hydrogen) atoms. The van der Waals surface area contributed by atoms with E-state index in [0.29, 0.717) is 0 Å². The Morgan fingerprint density at radius 1 is 0.750 bits per heavy atom. The first-order valence-corrected chi connectivity index (χ1v) is 0. The van der Waals surface area contributed by atoms with E-state index in [4.69, 9.17) is 0 Å². The molecule has 0 aromatic rings. The standard InChI is InChI=1S/ClH.2H2O.Sn.2H/h1H;2*1H2;;;. The van der Waals surface area contributed by atoms with Gasteiger partial charge in [0.15, 0.2) is 0 Å². The van der Waals surface area contributed by atoms with Gasteiger partial charge >= 0.3 is 23.9 Å². The molecule has 0 rings (SSSR count). The van der Waals surface area contributed by atoms with Gasteiger partial charge in [-0.3, -0.25) is 0 Å². The topological polar surface area (TPSA) is 63.0 Å². The maximum absolute atomic E-state index is 0. The van der Waals surface area contributed by atoms with E-state index in [1.807, 2.05) is 0 Å². The average Bonchev–Trinajstić information content (AvgIpc) is 0. The second-order valence-electron chi connectivity index (χ2n) is 0. The fourth-order valence-electron chi connectivity index (χ4n) is 0. The van der Waals surface area contributed by atoms with Crippen LogP contribution >= 0.6 is 12.4 Å². The van der Waals surface area contributed by atoms with E-state index in [-0.39, 0.29) is 47.3 Å². The molecule has 0 spiro atoms. The third kappa shape index (κ3) is 11.9. The van der Waals surface area contributed by atoms with E-state index in [0.717, 1.165) is 0 Å². The molecule has 0 aliphatic heterocycles. The van der Waals surface area contributed by atoms with Gasteiger partial charge in [-0.1, -0.05) is 0 Å². The molecular weight excluding hydrogens is 186 g/mol. The van der Waals surface area contributed by atoms with E-state index in [1.54, 1.807) is 0 Å². The van der Waals surface area contributed by atoms with Crippen molar-refractivity contribution in [2.45, 2.75) is 0 Å². The Hall–Kier alpha value is 1.01. The zero-order valence-electron chi connectivity index (χ0n) is 2.12. The molecule has 2 nitrogen and oxygen atoms in total. The van der Waals surface area contributed by atoms with Crippen LogP contribution in [0, 0.1) is 0 Å². The van der Waals surface area contributed by atoms with Crippen LogP contribution in [-0.2, 0) is 0 Å². The molecule has 0 saturated carbocycles. The second kappa shape index (κ2) is 35.7. The van der Waals surface area contributed by atoms with Crippen molar-refractivity contribution in [1.29, 1.82) is 0 Å². The fourth-order valence-corrected chi connectivity index (χ4v) is 0. The SMILES string of the molecule is Cl.O.O.[SnH2]. The summed E-state index contributed by atoms with van der Waals surface area (Å²) in [5.74, 6) is 0. The Balaban J connectivity index is 0. The predicted molar refractivity (Wildman–Crippen MR) is 23.0 cm³/mol. The van der Waals surface area contributed by atoms with Gasteiger partial charge < -0.3 is 11.0 Å². The summed E-state index contributed by atoms with van der Waals surface area (Å²) in [5, 5.41) is 0. The van der Waals surface area contributed by atoms with Gasteiger partial charge in [-0.15, -0.1) is 12.4 Å². The van der Waals surface area contributed by atoms with Crippen molar-refractivity contribution < 1.29 is 11.0 Å². The van der Waals surface area contributed by atoms with Gasteiger partial charge in [0.05, 0.1) is 0 Å². The fraction of sp³-hybridized carbons (Fsp3) is 0. The van der Waals surface area contributed by atoms with Gasteiger partial charge in [0.1, 0.15) is 0 Å². The van der Waals surface area contributed by atoms with Crippen LogP contribution in [0.1, 0.15) is 0 Å². The Kier molecular flexibility index (Phi) is 705. The molecule has 0 aliphatic rings. The summed E-state index contributed by atoms with van der Waals surface area (Å²) in [6.07, 6.45) is 0. The van der Waals surface area contributed by atoms with Crippen molar-refractivity contribution in [3.8, 4) is 0 Å². The summed E-state index contributed by atoms with van der Waals surface area (Å²) in [5.41, 5.74) is 0. The molecule has 4 heteroatoms. The van der Waals surface area contributed by atoms with Gasteiger partial charge in [0, 0.05) is 0 Å². The number of hydrogen-bond acceptors (Lipinski definition) is 0. The molecule has 0 aromatic heterocycles. The second-order valence-corrected chi connectivity index (χ2v) is 0. The molecule has 2 radical (unpaired) electrons. The van der Waals surface area contributed by atoms with Crippen LogP contribution in [0.15, 0.2) is 0 Å². The van der Waals surface area contributed by atoms with Crippen molar-refractivity contribution in [2.75, 3.05) is 0 Å². The van der Waals surface area contributed by atoms with E-state index in [9.17, 15) is 0 Å². The molecule has 0 bridgehead atoms. The van der Waals surface area contributed by atoms with E-state index in [2.05, 4.69) is 0 Å². The van der Waals surface area contributed by atoms with Crippen molar-refractivity contribution in [2.24, 2.45) is 0 Å². The summed E-state index contributed by atoms with van der Waals surface area (Å²) in [4.78, 5) is 0. The van der Waals surface area contributed by atoms with Crippen molar-refractivity contribution in [3.63, 3.8) is 0 Å². The first kappa shape index (κ1) is 79.1. The molecular formula is H7ClO2Sn. The van der Waals surface area contributed by atoms with Crippen LogP contribution in [0.3, 0.4) is 0 Å². The first-order chi connectivity index (χ1) is 0. The molecule has 0 heterocycles. The molecule has 30 valence electrons. The number of hydrogen-bond donors (Lipinski definition) is 0. The molecule has 0 saturated heterocycles. The van der Waals surface area contributed by atoms with Gasteiger partial charge in [0.2, 0.25) is 0 Å².